The summed E-state index contributed by atoms with van der Waals surface area (Å²) in [5.41, 5.74) is 1.10. The molecule has 0 amide bonds. The molecule has 0 saturated heterocycles. The molecule has 1 heterocycles. The van der Waals surface area contributed by atoms with Crippen LogP contribution < -0.4 is 5.32 Å². The van der Waals surface area contributed by atoms with Crippen molar-refractivity contribution in [1.82, 2.24) is 15.2 Å². The minimum absolute atomic E-state index is 0.229. The van der Waals surface area contributed by atoms with E-state index >= 15 is 0 Å². The third kappa shape index (κ3) is 3.78. The standard InChI is InChI=1S/C13H19N3O2/c1-16(12-4-5-12)7-6-14-9-11-3-2-10(8-15-11)13(17)18/h2-3,8,12,14H,4-7,9H2,1H3,(H,17,18). The van der Waals surface area contributed by atoms with Gasteiger partial charge in [-0.05, 0) is 32.0 Å². The molecule has 1 saturated carbocycles. The van der Waals surface area contributed by atoms with Crippen LogP contribution in [0.3, 0.4) is 0 Å². The van der Waals surface area contributed by atoms with Gasteiger partial charge in [0.2, 0.25) is 0 Å². The maximum absolute atomic E-state index is 10.7. The highest BCUT2D eigenvalue weighted by atomic mass is 16.4. The van der Waals surface area contributed by atoms with Crippen molar-refractivity contribution in [2.24, 2.45) is 0 Å². The molecule has 5 nitrogen and oxygen atoms in total. The summed E-state index contributed by atoms with van der Waals surface area (Å²) >= 11 is 0. The molecule has 98 valence electrons. The number of aromatic nitrogens is 1. The highest BCUT2D eigenvalue weighted by molar-refractivity contribution is 5.87. The molecule has 0 radical (unpaired) electrons. The largest absolute Gasteiger partial charge is 0.478 e. The van der Waals surface area contributed by atoms with Crippen LogP contribution in [-0.4, -0.2) is 47.1 Å². The van der Waals surface area contributed by atoms with Gasteiger partial charge in [0.05, 0.1) is 11.3 Å². The second-order valence-electron chi connectivity index (χ2n) is 4.73. The van der Waals surface area contributed by atoms with E-state index in [0.717, 1.165) is 24.8 Å². The Morgan fingerprint density at radius 3 is 2.89 bits per heavy atom. The zero-order valence-corrected chi connectivity index (χ0v) is 10.6. The molecule has 0 aliphatic heterocycles. The maximum atomic E-state index is 10.7. The second-order valence-corrected chi connectivity index (χ2v) is 4.73. The molecule has 1 fully saturated rings. The third-order valence-electron chi connectivity index (χ3n) is 3.19. The van der Waals surface area contributed by atoms with E-state index in [1.807, 2.05) is 0 Å². The van der Waals surface area contributed by atoms with Gasteiger partial charge in [-0.3, -0.25) is 4.98 Å². The Hall–Kier alpha value is -1.46. The quantitative estimate of drug-likeness (QED) is 0.705. The molecule has 0 atom stereocenters. The molecule has 1 aliphatic rings. The molecule has 0 aromatic carbocycles. The van der Waals surface area contributed by atoms with Crippen LogP contribution >= 0.6 is 0 Å². The number of carboxylic acid groups (broad SMARTS) is 1. The zero-order chi connectivity index (χ0) is 13.0. The summed E-state index contributed by atoms with van der Waals surface area (Å²) in [5, 5.41) is 12.1. The summed E-state index contributed by atoms with van der Waals surface area (Å²) in [6, 6.07) is 4.13. The first-order chi connectivity index (χ1) is 8.66. The Bertz CT molecular complexity index is 401. The van der Waals surface area contributed by atoms with Crippen LogP contribution in [0.5, 0.6) is 0 Å². The molecule has 2 rings (SSSR count). The summed E-state index contributed by atoms with van der Waals surface area (Å²) in [7, 11) is 2.15. The monoisotopic (exact) mass is 249 g/mol. The number of carbonyl (C=O) groups is 1. The van der Waals surface area contributed by atoms with Gasteiger partial charge < -0.3 is 15.3 Å². The first kappa shape index (κ1) is 13.0. The predicted octanol–water partition coefficient (Wildman–Crippen LogP) is 0.964. The average molecular weight is 249 g/mol. The maximum Gasteiger partial charge on any atom is 0.337 e. The van der Waals surface area contributed by atoms with Gasteiger partial charge in [0.1, 0.15) is 0 Å². The van der Waals surface area contributed by atoms with Gasteiger partial charge in [-0.2, -0.15) is 0 Å². The van der Waals surface area contributed by atoms with Crippen LogP contribution in [0.25, 0.3) is 0 Å². The van der Waals surface area contributed by atoms with Crippen LogP contribution in [0.2, 0.25) is 0 Å². The lowest BCUT2D eigenvalue weighted by Crippen LogP contribution is -2.30. The van der Waals surface area contributed by atoms with E-state index in [4.69, 9.17) is 5.11 Å². The molecule has 1 aromatic rings. The van der Waals surface area contributed by atoms with E-state index in [2.05, 4.69) is 22.2 Å². The van der Waals surface area contributed by atoms with E-state index in [1.54, 1.807) is 12.1 Å². The highest BCUT2D eigenvalue weighted by Crippen LogP contribution is 2.24. The SMILES string of the molecule is CN(CCNCc1ccc(C(=O)O)cn1)C1CC1. The number of hydrogen-bond donors (Lipinski definition) is 2. The van der Waals surface area contributed by atoms with Crippen LogP contribution in [-0.2, 0) is 6.54 Å². The Kier molecular flexibility index (Phi) is 4.28. The fourth-order valence-corrected chi connectivity index (χ4v) is 1.83. The van der Waals surface area contributed by atoms with Crippen molar-refractivity contribution in [3.63, 3.8) is 0 Å². The van der Waals surface area contributed by atoms with E-state index in [1.165, 1.54) is 19.0 Å². The lowest BCUT2D eigenvalue weighted by Gasteiger charge is -2.15. The first-order valence-electron chi connectivity index (χ1n) is 6.26. The van der Waals surface area contributed by atoms with Gasteiger partial charge >= 0.3 is 5.97 Å². The third-order valence-corrected chi connectivity index (χ3v) is 3.19. The van der Waals surface area contributed by atoms with Crippen molar-refractivity contribution in [3.05, 3.63) is 29.6 Å². The molecule has 1 aromatic heterocycles. The number of likely N-dealkylation sites (N-methyl/N-ethyl adjacent to an activating group) is 1. The zero-order valence-electron chi connectivity index (χ0n) is 10.6. The molecule has 18 heavy (non-hydrogen) atoms. The molecule has 0 spiro atoms. The number of nitrogens with zero attached hydrogens (tertiary/aromatic N) is 2. The molecule has 0 unspecified atom stereocenters. The summed E-state index contributed by atoms with van der Waals surface area (Å²) in [6.45, 7) is 2.64. The van der Waals surface area contributed by atoms with Gasteiger partial charge in [0, 0.05) is 31.9 Å². The molecule has 2 N–H and O–H groups in total. The lowest BCUT2D eigenvalue weighted by molar-refractivity contribution is 0.0696. The van der Waals surface area contributed by atoms with E-state index in [-0.39, 0.29) is 5.56 Å². The molecule has 0 bridgehead atoms. The van der Waals surface area contributed by atoms with Crippen LogP contribution in [0.15, 0.2) is 18.3 Å². The average Bonchev–Trinajstić information content (AvgIpc) is 3.19. The van der Waals surface area contributed by atoms with Crippen molar-refractivity contribution >= 4 is 5.97 Å². The van der Waals surface area contributed by atoms with Crippen LogP contribution in [0.1, 0.15) is 28.9 Å². The van der Waals surface area contributed by atoms with Gasteiger partial charge in [-0.15, -0.1) is 0 Å². The van der Waals surface area contributed by atoms with Crippen molar-refractivity contribution in [2.75, 3.05) is 20.1 Å². The van der Waals surface area contributed by atoms with E-state index in [9.17, 15) is 4.79 Å². The van der Waals surface area contributed by atoms with Crippen LogP contribution in [0, 0.1) is 0 Å². The fourth-order valence-electron chi connectivity index (χ4n) is 1.83. The van der Waals surface area contributed by atoms with E-state index < -0.39 is 5.97 Å². The topological polar surface area (TPSA) is 65.5 Å². The van der Waals surface area contributed by atoms with Crippen molar-refractivity contribution < 1.29 is 9.90 Å². The highest BCUT2D eigenvalue weighted by Gasteiger charge is 2.25. The Balaban J connectivity index is 1.67. The summed E-state index contributed by atoms with van der Waals surface area (Å²) in [5.74, 6) is -0.937. The Morgan fingerprint density at radius 1 is 1.56 bits per heavy atom. The normalized spacial score (nSPS) is 15.0. The Morgan fingerprint density at radius 2 is 2.33 bits per heavy atom. The van der Waals surface area contributed by atoms with Crippen LogP contribution in [0.4, 0.5) is 0 Å². The van der Waals surface area contributed by atoms with Gasteiger partial charge in [-0.25, -0.2) is 4.79 Å². The van der Waals surface area contributed by atoms with Gasteiger partial charge in [0.25, 0.3) is 0 Å². The number of aromatic carboxylic acids is 1. The minimum atomic E-state index is -0.937. The summed E-state index contributed by atoms with van der Waals surface area (Å²) in [4.78, 5) is 17.1. The van der Waals surface area contributed by atoms with Crippen molar-refractivity contribution in [2.45, 2.75) is 25.4 Å². The Labute approximate surface area is 107 Å². The smallest absolute Gasteiger partial charge is 0.337 e. The van der Waals surface area contributed by atoms with Gasteiger partial charge in [-0.1, -0.05) is 0 Å². The molecular formula is C13H19N3O2. The second kappa shape index (κ2) is 5.93. The minimum Gasteiger partial charge on any atom is -0.478 e. The number of nitrogens with one attached hydrogen (secondary N) is 1. The van der Waals surface area contributed by atoms with Crippen molar-refractivity contribution in [3.8, 4) is 0 Å². The van der Waals surface area contributed by atoms with Crippen molar-refractivity contribution in [1.29, 1.82) is 0 Å². The number of carboxylic acids is 1. The van der Waals surface area contributed by atoms with E-state index in [0.29, 0.717) is 6.54 Å². The predicted molar refractivity (Wildman–Crippen MR) is 68.6 cm³/mol. The lowest BCUT2D eigenvalue weighted by atomic mass is 10.2. The molecular weight excluding hydrogens is 230 g/mol. The molecule has 1 aliphatic carbocycles. The summed E-state index contributed by atoms with van der Waals surface area (Å²) in [6.07, 6.45) is 4.05. The first-order valence-corrected chi connectivity index (χ1v) is 6.26. The number of rotatable bonds is 7. The fraction of sp³-hybridized carbons (Fsp3) is 0.538. The number of pyridine rings is 1. The molecule has 5 heteroatoms. The summed E-state index contributed by atoms with van der Waals surface area (Å²) < 4.78 is 0. The number of hydrogen-bond acceptors (Lipinski definition) is 4. The van der Waals surface area contributed by atoms with Gasteiger partial charge in [0.15, 0.2) is 0 Å².